The minimum atomic E-state index is -2.24. The minimum absolute atomic E-state index is 0.0628. The summed E-state index contributed by atoms with van der Waals surface area (Å²) in [4.78, 5) is 42.6. The number of hydrogen-bond donors (Lipinski definition) is 3. The number of carboxylic acid groups (broad SMARTS) is 1. The number of rotatable bonds is 3. The average molecular weight is 658 g/mol. The van der Waals surface area contributed by atoms with Gasteiger partial charge in [0.2, 0.25) is 5.91 Å². The third-order valence-corrected chi connectivity index (χ3v) is 9.94. The number of aryl methyl sites for hydroxylation is 1. The summed E-state index contributed by atoms with van der Waals surface area (Å²) >= 11 is 6.40. The number of nitrogens with zero attached hydrogens (tertiary/aromatic N) is 2. The number of carboxylic acids is 1. The number of carbonyl (C=O) groups is 3. The predicted molar refractivity (Wildman–Crippen MR) is 181 cm³/mol. The summed E-state index contributed by atoms with van der Waals surface area (Å²) in [6.07, 6.45) is 9.21. The monoisotopic (exact) mass is 657 g/mol. The number of ether oxygens (including phenoxy) is 1. The molecule has 2 bridgehead atoms. The number of fused-ring (bicyclic) bond motifs is 3. The second-order valence-corrected chi connectivity index (χ2v) is 13.4. The molecule has 0 radical (unpaired) electrons. The number of hydrogen-bond acceptors (Lipinski definition) is 6. The van der Waals surface area contributed by atoms with Gasteiger partial charge in [-0.1, -0.05) is 35.9 Å². The first-order valence-corrected chi connectivity index (χ1v) is 16.5. The van der Waals surface area contributed by atoms with E-state index in [-0.39, 0.29) is 16.5 Å². The largest absolute Gasteiger partial charge is 0.490 e. The van der Waals surface area contributed by atoms with Crippen molar-refractivity contribution >= 4 is 40.8 Å². The van der Waals surface area contributed by atoms with Crippen LogP contribution in [0.4, 0.5) is 11.4 Å². The van der Waals surface area contributed by atoms with Crippen molar-refractivity contribution in [3.8, 4) is 5.75 Å². The van der Waals surface area contributed by atoms with Gasteiger partial charge in [-0.3, -0.25) is 9.59 Å². The molecule has 0 saturated heterocycles. The molecule has 3 aromatic carbocycles. The van der Waals surface area contributed by atoms with Gasteiger partial charge in [-0.05, 0) is 104 Å². The van der Waals surface area contributed by atoms with E-state index in [4.69, 9.17) is 16.3 Å². The van der Waals surface area contributed by atoms with Gasteiger partial charge in [-0.15, -0.1) is 0 Å². The molecule has 2 atom stereocenters. The number of amides is 2. The molecule has 0 unspecified atom stereocenters. The highest BCUT2D eigenvalue weighted by molar-refractivity contribution is 6.30. The summed E-state index contributed by atoms with van der Waals surface area (Å²) in [5.41, 5.74) is 1.38. The molecule has 0 saturated carbocycles. The highest BCUT2D eigenvalue weighted by atomic mass is 35.5. The molecule has 6 rings (SSSR count). The first-order chi connectivity index (χ1) is 22.6. The van der Waals surface area contributed by atoms with Gasteiger partial charge in [0.1, 0.15) is 5.75 Å². The number of allylic oxidation sites excluding steroid dienone is 1. The Morgan fingerprint density at radius 2 is 1.81 bits per heavy atom. The van der Waals surface area contributed by atoms with E-state index in [0.29, 0.717) is 31.1 Å². The van der Waals surface area contributed by atoms with Crippen molar-refractivity contribution in [2.75, 3.05) is 43.5 Å². The molecule has 0 fully saturated rings. The van der Waals surface area contributed by atoms with Crippen molar-refractivity contribution in [1.82, 2.24) is 4.90 Å². The summed E-state index contributed by atoms with van der Waals surface area (Å²) in [6.45, 7) is 2.27. The van der Waals surface area contributed by atoms with Gasteiger partial charge in [0.05, 0.1) is 24.3 Å². The molecule has 0 aromatic heterocycles. The maximum Gasteiger partial charge on any atom is 0.335 e. The van der Waals surface area contributed by atoms with E-state index in [0.717, 1.165) is 55.8 Å². The van der Waals surface area contributed by atoms with Crippen LogP contribution in [-0.4, -0.2) is 66.2 Å². The maximum absolute atomic E-state index is 14.0. The van der Waals surface area contributed by atoms with Crippen LogP contribution >= 0.6 is 11.6 Å². The second-order valence-electron chi connectivity index (χ2n) is 12.9. The van der Waals surface area contributed by atoms with Crippen LogP contribution in [0.2, 0.25) is 5.02 Å². The highest BCUT2D eigenvalue weighted by Crippen LogP contribution is 2.45. The highest BCUT2D eigenvalue weighted by Gasteiger charge is 2.44. The topological polar surface area (TPSA) is 119 Å². The number of anilines is 2. The maximum atomic E-state index is 14.0. The molecule has 246 valence electrons. The van der Waals surface area contributed by atoms with Gasteiger partial charge in [0, 0.05) is 42.8 Å². The number of carbonyl (C=O) groups excluding carboxylic acids is 2. The van der Waals surface area contributed by atoms with Crippen LogP contribution in [0, 0.1) is 0 Å². The lowest BCUT2D eigenvalue weighted by molar-refractivity contribution is -0.145. The lowest BCUT2D eigenvalue weighted by Gasteiger charge is -2.41. The van der Waals surface area contributed by atoms with E-state index >= 15 is 0 Å². The Morgan fingerprint density at radius 1 is 1.00 bits per heavy atom. The van der Waals surface area contributed by atoms with E-state index < -0.39 is 29.8 Å². The van der Waals surface area contributed by atoms with Crippen molar-refractivity contribution in [3.63, 3.8) is 0 Å². The zero-order valence-corrected chi connectivity index (χ0v) is 27.3. The summed E-state index contributed by atoms with van der Waals surface area (Å²) in [5.74, 6) is -1.63. The molecule has 2 amide bonds. The Labute approximate surface area is 279 Å². The van der Waals surface area contributed by atoms with Gasteiger partial charge in [0.15, 0.2) is 5.60 Å². The molecular weight excluding hydrogens is 618 g/mol. The quantitative estimate of drug-likeness (QED) is 0.299. The van der Waals surface area contributed by atoms with E-state index in [2.05, 4.69) is 28.4 Å². The first kappa shape index (κ1) is 32.6. The van der Waals surface area contributed by atoms with Crippen LogP contribution in [0.25, 0.3) is 0 Å². The van der Waals surface area contributed by atoms with Crippen LogP contribution in [0.5, 0.6) is 5.75 Å². The van der Waals surface area contributed by atoms with Gasteiger partial charge in [-0.25, -0.2) is 4.79 Å². The Balaban J connectivity index is 1.41. The normalized spacial score (nSPS) is 23.9. The van der Waals surface area contributed by atoms with E-state index in [9.17, 15) is 24.6 Å². The third kappa shape index (κ3) is 6.73. The lowest BCUT2D eigenvalue weighted by atomic mass is 9.70. The fourth-order valence-corrected chi connectivity index (χ4v) is 7.22. The van der Waals surface area contributed by atoms with E-state index in [1.165, 1.54) is 40.3 Å². The Kier molecular flexibility index (Phi) is 9.30. The molecule has 3 aromatic rings. The van der Waals surface area contributed by atoms with Crippen molar-refractivity contribution in [1.29, 1.82) is 0 Å². The summed E-state index contributed by atoms with van der Waals surface area (Å²) < 4.78 is 6.58. The molecule has 3 N–H and O–H groups in total. The van der Waals surface area contributed by atoms with Crippen LogP contribution in [-0.2, 0) is 27.0 Å². The van der Waals surface area contributed by atoms with E-state index in [1.807, 2.05) is 12.1 Å². The van der Waals surface area contributed by atoms with Crippen molar-refractivity contribution < 1.29 is 29.3 Å². The molecule has 1 aliphatic carbocycles. The summed E-state index contributed by atoms with van der Waals surface area (Å²) in [5, 5.41) is 25.0. The van der Waals surface area contributed by atoms with Gasteiger partial charge in [0.25, 0.3) is 5.91 Å². The number of aromatic carboxylic acids is 1. The number of likely N-dealkylation sites (N-methyl/N-ethyl adjacent to an activating group) is 1. The summed E-state index contributed by atoms with van der Waals surface area (Å²) in [6, 6.07) is 17.0. The number of halogens is 1. The zero-order chi connectivity index (χ0) is 33.2. The molecule has 2 aliphatic heterocycles. The molecule has 9 nitrogen and oxygen atoms in total. The molecule has 3 aliphatic rings. The van der Waals surface area contributed by atoms with Crippen molar-refractivity contribution in [3.05, 3.63) is 100 Å². The lowest BCUT2D eigenvalue weighted by Crippen LogP contribution is -2.46. The average Bonchev–Trinajstić information content (AvgIpc) is 3.20. The van der Waals surface area contributed by atoms with Crippen molar-refractivity contribution in [2.45, 2.75) is 56.0 Å². The molecule has 1 spiro atoms. The number of benzene rings is 3. The molecule has 2 heterocycles. The third-order valence-electron chi connectivity index (χ3n) is 9.71. The number of aliphatic hydroxyl groups is 1. The Morgan fingerprint density at radius 3 is 2.60 bits per heavy atom. The van der Waals surface area contributed by atoms with Gasteiger partial charge >= 0.3 is 5.97 Å². The SMILES string of the molecule is CN1C/C=C/CCCCN2C[C@@]3(CCCc4cc(Cl)ccc43)COc3ccc(cc32)[C@@](O)(C(=O)Nc2ccc(C(=O)O)cc2)CC1=O. The predicted octanol–water partition coefficient (Wildman–Crippen LogP) is 5.93. The van der Waals surface area contributed by atoms with E-state index in [1.54, 1.807) is 25.2 Å². The number of nitrogens with one attached hydrogen (secondary N) is 1. The van der Waals surface area contributed by atoms with Crippen LogP contribution in [0.15, 0.2) is 72.8 Å². The van der Waals surface area contributed by atoms with Crippen LogP contribution in [0.1, 0.15) is 65.6 Å². The van der Waals surface area contributed by atoms with Crippen LogP contribution < -0.4 is 15.0 Å². The molecular formula is C37H40ClN3O6. The zero-order valence-electron chi connectivity index (χ0n) is 26.5. The summed E-state index contributed by atoms with van der Waals surface area (Å²) in [7, 11) is 1.65. The smallest absolute Gasteiger partial charge is 0.335 e. The standard InChI is InChI=1S/C37H40ClN3O6/c1-40-18-5-3-2-4-6-19-41-23-36(17-7-8-26-20-28(38)12-15-30(26)36)24-47-32-16-11-27(21-31(32)41)37(46,22-33(40)42)35(45)39-29-13-9-25(10-14-29)34(43)44/h3,5,9-16,20-21,46H,2,4,6-8,17-19,22-24H2,1H3,(H,39,45)(H,43,44)/b5-3+/t36-,37+/m0/s1. The van der Waals surface area contributed by atoms with Crippen LogP contribution in [0.3, 0.4) is 0 Å². The minimum Gasteiger partial charge on any atom is -0.490 e. The second kappa shape index (κ2) is 13.4. The fraction of sp³-hybridized carbons (Fsp3) is 0.378. The fourth-order valence-electron chi connectivity index (χ4n) is 7.02. The van der Waals surface area contributed by atoms with Gasteiger partial charge in [-0.2, -0.15) is 0 Å². The van der Waals surface area contributed by atoms with Gasteiger partial charge < -0.3 is 30.1 Å². The first-order valence-electron chi connectivity index (χ1n) is 16.2. The Bertz CT molecular complexity index is 1710. The molecule has 10 heteroatoms. The van der Waals surface area contributed by atoms with Crippen molar-refractivity contribution in [2.24, 2.45) is 0 Å². The Hall–Kier alpha value is -4.34. The molecule has 47 heavy (non-hydrogen) atoms.